The van der Waals surface area contributed by atoms with Crippen molar-refractivity contribution in [3.8, 4) is 11.8 Å². The van der Waals surface area contributed by atoms with E-state index in [9.17, 15) is 4.39 Å². The van der Waals surface area contributed by atoms with Gasteiger partial charge in [0.1, 0.15) is 17.6 Å². The third-order valence-corrected chi connectivity index (χ3v) is 1.36. The Morgan fingerprint density at radius 3 is 2.83 bits per heavy atom. The number of hydrogen-bond acceptors (Lipinski definition) is 2. The summed E-state index contributed by atoms with van der Waals surface area (Å²) in [4.78, 5) is 0. The molecule has 1 aromatic rings. The monoisotopic (exact) mass is 185 g/mol. The van der Waals surface area contributed by atoms with Gasteiger partial charge in [-0.15, -0.1) is 0 Å². The van der Waals surface area contributed by atoms with Gasteiger partial charge in [-0.05, 0) is 12.1 Å². The smallest absolute Gasteiger partial charge is 0.174 e. The van der Waals surface area contributed by atoms with Crippen LogP contribution in [0.25, 0.3) is 0 Å². The van der Waals surface area contributed by atoms with Crippen LogP contribution in [0.1, 0.15) is 0 Å². The maximum Gasteiger partial charge on any atom is 0.174 e. The standard InChI is InChI=1S/C8H5ClFNO/c9-6-3-7(10)5-8(4-6)12-2-1-11/h3-5H,2H2. The zero-order chi connectivity index (χ0) is 8.97. The molecule has 0 aliphatic heterocycles. The molecule has 0 saturated heterocycles. The van der Waals surface area contributed by atoms with E-state index in [1.165, 1.54) is 18.2 Å². The Morgan fingerprint density at radius 2 is 2.25 bits per heavy atom. The number of halogens is 2. The Kier molecular flexibility index (Phi) is 2.89. The summed E-state index contributed by atoms with van der Waals surface area (Å²) in [5, 5.41) is 8.42. The molecule has 12 heavy (non-hydrogen) atoms. The molecule has 0 spiro atoms. The first kappa shape index (κ1) is 8.82. The highest BCUT2D eigenvalue weighted by atomic mass is 35.5. The minimum Gasteiger partial charge on any atom is -0.479 e. The summed E-state index contributed by atoms with van der Waals surface area (Å²) >= 11 is 5.53. The fraction of sp³-hybridized carbons (Fsp3) is 0.125. The van der Waals surface area contributed by atoms with E-state index in [1.54, 1.807) is 6.07 Å². The Labute approximate surface area is 74.1 Å². The van der Waals surface area contributed by atoms with Gasteiger partial charge < -0.3 is 4.74 Å². The zero-order valence-corrected chi connectivity index (χ0v) is 6.81. The average molecular weight is 186 g/mol. The minimum absolute atomic E-state index is 0.111. The van der Waals surface area contributed by atoms with Crippen molar-refractivity contribution in [2.24, 2.45) is 0 Å². The van der Waals surface area contributed by atoms with E-state index in [1.807, 2.05) is 0 Å². The van der Waals surface area contributed by atoms with Crippen LogP contribution in [0, 0.1) is 17.1 Å². The number of benzene rings is 1. The molecule has 0 aliphatic rings. The van der Waals surface area contributed by atoms with E-state index >= 15 is 0 Å². The highest BCUT2D eigenvalue weighted by molar-refractivity contribution is 6.30. The van der Waals surface area contributed by atoms with E-state index in [2.05, 4.69) is 0 Å². The molecule has 0 aromatic heterocycles. The molecular weight excluding hydrogens is 181 g/mol. The zero-order valence-electron chi connectivity index (χ0n) is 6.05. The highest BCUT2D eigenvalue weighted by Gasteiger charge is 1.98. The van der Waals surface area contributed by atoms with Gasteiger partial charge in [0.25, 0.3) is 0 Å². The SMILES string of the molecule is N#CCOc1cc(F)cc(Cl)c1. The van der Waals surface area contributed by atoms with Crippen molar-refractivity contribution in [2.75, 3.05) is 6.61 Å². The van der Waals surface area contributed by atoms with E-state index in [0.717, 1.165) is 0 Å². The third kappa shape index (κ3) is 2.40. The summed E-state index contributed by atoms with van der Waals surface area (Å²) in [5.41, 5.74) is 0. The molecule has 0 saturated carbocycles. The first-order chi connectivity index (χ1) is 5.72. The maximum absolute atomic E-state index is 12.6. The first-order valence-corrected chi connectivity index (χ1v) is 3.56. The Balaban J connectivity index is 2.80. The van der Waals surface area contributed by atoms with Crippen LogP contribution in [0.4, 0.5) is 4.39 Å². The number of nitrogens with zero attached hydrogens (tertiary/aromatic N) is 1. The lowest BCUT2D eigenvalue weighted by Gasteiger charge is -2.01. The molecule has 0 aliphatic carbocycles. The van der Waals surface area contributed by atoms with Crippen molar-refractivity contribution in [2.45, 2.75) is 0 Å². The van der Waals surface area contributed by atoms with Crippen molar-refractivity contribution in [1.29, 1.82) is 5.26 Å². The maximum atomic E-state index is 12.6. The molecule has 0 fully saturated rings. The van der Waals surface area contributed by atoms with Crippen molar-refractivity contribution < 1.29 is 9.13 Å². The summed E-state index contributed by atoms with van der Waals surface area (Å²) in [5.74, 6) is -0.211. The normalized spacial score (nSPS) is 9.08. The van der Waals surface area contributed by atoms with Crippen LogP contribution in [0.15, 0.2) is 18.2 Å². The van der Waals surface area contributed by atoms with Crippen LogP contribution in [-0.2, 0) is 0 Å². The van der Waals surface area contributed by atoms with Crippen molar-refractivity contribution >= 4 is 11.6 Å². The molecule has 0 atom stereocenters. The second kappa shape index (κ2) is 3.93. The van der Waals surface area contributed by atoms with Crippen LogP contribution >= 0.6 is 11.6 Å². The fourth-order valence-corrected chi connectivity index (χ4v) is 0.939. The fourth-order valence-electron chi connectivity index (χ4n) is 0.727. The minimum atomic E-state index is -0.476. The summed E-state index contributed by atoms with van der Waals surface area (Å²) in [7, 11) is 0. The lowest BCUT2D eigenvalue weighted by Crippen LogP contribution is -1.93. The van der Waals surface area contributed by atoms with Gasteiger partial charge in [0.2, 0.25) is 0 Å². The van der Waals surface area contributed by atoms with Gasteiger partial charge in [-0.1, -0.05) is 11.6 Å². The lowest BCUT2D eigenvalue weighted by molar-refractivity contribution is 0.366. The van der Waals surface area contributed by atoms with E-state index in [4.69, 9.17) is 21.6 Å². The summed E-state index contributed by atoms with van der Waals surface area (Å²) < 4.78 is 17.4. The molecule has 0 bridgehead atoms. The largest absolute Gasteiger partial charge is 0.479 e. The second-order valence-corrected chi connectivity index (χ2v) is 2.49. The van der Waals surface area contributed by atoms with Gasteiger partial charge >= 0.3 is 0 Å². The van der Waals surface area contributed by atoms with Gasteiger partial charge in [-0.3, -0.25) is 0 Å². The third-order valence-electron chi connectivity index (χ3n) is 1.14. The van der Waals surface area contributed by atoms with Gasteiger partial charge in [0.15, 0.2) is 6.61 Å². The molecule has 1 rings (SSSR count). The Hall–Kier alpha value is -1.27. The molecule has 4 heteroatoms. The average Bonchev–Trinajstić information content (AvgIpc) is 1.99. The van der Waals surface area contributed by atoms with Crippen LogP contribution in [0.5, 0.6) is 5.75 Å². The highest BCUT2D eigenvalue weighted by Crippen LogP contribution is 2.19. The molecule has 1 aromatic carbocycles. The molecule has 0 heterocycles. The van der Waals surface area contributed by atoms with Gasteiger partial charge in [-0.2, -0.15) is 5.26 Å². The molecule has 0 amide bonds. The van der Waals surface area contributed by atoms with Gasteiger partial charge in [0, 0.05) is 11.1 Å². The van der Waals surface area contributed by atoms with E-state index < -0.39 is 5.82 Å². The van der Waals surface area contributed by atoms with Crippen LogP contribution in [-0.4, -0.2) is 6.61 Å². The molecule has 0 radical (unpaired) electrons. The quantitative estimate of drug-likeness (QED) is 0.709. The van der Waals surface area contributed by atoms with E-state index in [0.29, 0.717) is 0 Å². The predicted molar refractivity (Wildman–Crippen MR) is 42.5 cm³/mol. The number of rotatable bonds is 2. The van der Waals surface area contributed by atoms with Crippen molar-refractivity contribution in [3.05, 3.63) is 29.0 Å². The van der Waals surface area contributed by atoms with Crippen LogP contribution in [0.2, 0.25) is 5.02 Å². The van der Waals surface area contributed by atoms with E-state index in [-0.39, 0.29) is 17.4 Å². The number of hydrogen-bond donors (Lipinski definition) is 0. The number of ether oxygens (including phenoxy) is 1. The molecule has 62 valence electrons. The first-order valence-electron chi connectivity index (χ1n) is 3.18. The van der Waals surface area contributed by atoms with Crippen molar-refractivity contribution in [3.63, 3.8) is 0 Å². The van der Waals surface area contributed by atoms with Crippen molar-refractivity contribution in [1.82, 2.24) is 0 Å². The topological polar surface area (TPSA) is 33.0 Å². The van der Waals surface area contributed by atoms with Gasteiger partial charge in [-0.25, -0.2) is 4.39 Å². The second-order valence-electron chi connectivity index (χ2n) is 2.05. The van der Waals surface area contributed by atoms with Gasteiger partial charge in [0.05, 0.1) is 0 Å². The predicted octanol–water partition coefficient (Wildman–Crippen LogP) is 2.38. The Bertz CT molecular complexity index is 301. The summed E-state index contributed by atoms with van der Waals surface area (Å²) in [6.45, 7) is -0.111. The lowest BCUT2D eigenvalue weighted by atomic mass is 10.3. The molecular formula is C8H5ClFNO. The summed E-state index contributed by atoms with van der Waals surface area (Å²) in [6.07, 6.45) is 0. The van der Waals surface area contributed by atoms with Crippen LogP contribution < -0.4 is 4.74 Å². The number of nitriles is 1. The molecule has 0 unspecified atom stereocenters. The van der Waals surface area contributed by atoms with Crippen LogP contribution in [0.3, 0.4) is 0 Å². The molecule has 2 nitrogen and oxygen atoms in total. The summed E-state index contributed by atoms with van der Waals surface area (Å²) in [6, 6.07) is 5.55. The molecule has 0 N–H and O–H groups in total. The Morgan fingerprint density at radius 1 is 1.50 bits per heavy atom.